The molecule has 2 heterocycles. The average molecular weight is 380 g/mol. The van der Waals surface area contributed by atoms with Crippen LogP contribution in [-0.2, 0) is 24.3 Å². The lowest BCUT2D eigenvalue weighted by Gasteiger charge is -2.24. The number of hydrogen-bond donors (Lipinski definition) is 0. The number of likely N-dealkylation sites (N-methyl/N-ethyl adjacent to an activating group) is 1. The van der Waals surface area contributed by atoms with Gasteiger partial charge < -0.3 is 4.90 Å². The number of carbonyl (C=O) groups excluding carboxylic acids is 1. The molecule has 0 aliphatic carbocycles. The average Bonchev–Trinajstić information content (AvgIpc) is 2.99. The van der Waals surface area contributed by atoms with Gasteiger partial charge in [0.05, 0.1) is 11.7 Å². The number of carbonyl (C=O) groups is 1. The quantitative estimate of drug-likeness (QED) is 0.622. The molecule has 0 saturated carbocycles. The Morgan fingerprint density at radius 3 is 2.64 bits per heavy atom. The smallest absolute Gasteiger partial charge is 0.336 e. The van der Waals surface area contributed by atoms with Crippen molar-refractivity contribution in [2.45, 2.75) is 39.4 Å². The molecule has 1 unspecified atom stereocenters. The number of nitrogens with zero attached hydrogens (tertiary/aromatic N) is 6. The lowest BCUT2D eigenvalue weighted by Crippen LogP contribution is -2.36. The lowest BCUT2D eigenvalue weighted by atomic mass is 10.1. The van der Waals surface area contributed by atoms with E-state index in [0.717, 1.165) is 17.7 Å². The number of benzene rings is 1. The van der Waals surface area contributed by atoms with E-state index in [2.05, 4.69) is 15.1 Å². The molecule has 0 fully saturated rings. The Kier molecular flexibility index (Phi) is 5.98. The maximum Gasteiger partial charge on any atom is 0.346 e. The van der Waals surface area contributed by atoms with Crippen LogP contribution in [0.4, 0.5) is 0 Å². The van der Waals surface area contributed by atoms with E-state index in [0.29, 0.717) is 12.4 Å². The third-order valence-corrected chi connectivity index (χ3v) is 4.87. The van der Waals surface area contributed by atoms with Gasteiger partial charge in [-0.05, 0) is 31.9 Å². The second kappa shape index (κ2) is 8.60. The lowest BCUT2D eigenvalue weighted by molar-refractivity contribution is -0.132. The summed E-state index contributed by atoms with van der Waals surface area (Å²) in [6.45, 7) is 4.08. The second-order valence-corrected chi connectivity index (χ2v) is 6.69. The predicted octanol–water partition coefficient (Wildman–Crippen LogP) is 1.61. The molecule has 3 aromatic rings. The minimum absolute atomic E-state index is 0.107. The summed E-state index contributed by atoms with van der Waals surface area (Å²) in [5, 5.41) is 4.27. The van der Waals surface area contributed by atoms with Gasteiger partial charge in [0, 0.05) is 19.8 Å². The van der Waals surface area contributed by atoms with Crippen molar-refractivity contribution in [3.8, 4) is 0 Å². The van der Waals surface area contributed by atoms with E-state index in [1.165, 1.54) is 11.0 Å². The van der Waals surface area contributed by atoms with Crippen LogP contribution in [0.25, 0.3) is 0 Å². The minimum Gasteiger partial charge on any atom is -0.336 e. The Balaban J connectivity index is 1.69. The molecular weight excluding hydrogens is 356 g/mol. The van der Waals surface area contributed by atoms with Gasteiger partial charge in [0.1, 0.15) is 18.7 Å². The Morgan fingerprint density at radius 1 is 1.21 bits per heavy atom. The Hall–Kier alpha value is -3.29. The number of amides is 1. The van der Waals surface area contributed by atoms with Crippen molar-refractivity contribution in [1.29, 1.82) is 0 Å². The molecule has 0 aliphatic rings. The van der Waals surface area contributed by atoms with Crippen LogP contribution >= 0.6 is 0 Å². The monoisotopic (exact) mass is 380 g/mol. The zero-order valence-electron chi connectivity index (χ0n) is 16.3. The standard InChI is InChI=1S/C20H24N6O2/c1-15(18-9-11-21-14-22-18)24(3)19(27)13-26-20(28)25(16(2)23-26)12-10-17-7-5-4-6-8-17/h4-9,11,14-15H,10,12-13H2,1-3H3. The summed E-state index contributed by atoms with van der Waals surface area (Å²) in [6, 6.07) is 11.5. The van der Waals surface area contributed by atoms with Gasteiger partial charge in [0.25, 0.3) is 0 Å². The Labute approximate surface area is 163 Å². The van der Waals surface area contributed by atoms with Crippen molar-refractivity contribution < 1.29 is 4.79 Å². The van der Waals surface area contributed by atoms with Crippen molar-refractivity contribution in [3.63, 3.8) is 0 Å². The molecule has 3 rings (SSSR count). The number of aromatic nitrogens is 5. The van der Waals surface area contributed by atoms with E-state index in [1.54, 1.807) is 35.7 Å². The summed E-state index contributed by atoms with van der Waals surface area (Å²) in [6.07, 6.45) is 3.82. The second-order valence-electron chi connectivity index (χ2n) is 6.69. The minimum atomic E-state index is -0.273. The molecule has 8 heteroatoms. The molecule has 28 heavy (non-hydrogen) atoms. The van der Waals surface area contributed by atoms with Crippen LogP contribution in [0.1, 0.15) is 30.0 Å². The molecule has 2 aromatic heterocycles. The van der Waals surface area contributed by atoms with Crippen molar-refractivity contribution >= 4 is 5.91 Å². The molecule has 8 nitrogen and oxygen atoms in total. The fraction of sp³-hybridized carbons (Fsp3) is 0.350. The highest BCUT2D eigenvalue weighted by Crippen LogP contribution is 2.15. The largest absolute Gasteiger partial charge is 0.346 e. The number of hydrogen-bond acceptors (Lipinski definition) is 5. The van der Waals surface area contributed by atoms with Crippen LogP contribution < -0.4 is 5.69 Å². The first kappa shape index (κ1) is 19.5. The molecule has 0 spiro atoms. The SMILES string of the molecule is Cc1nn(CC(=O)N(C)C(C)c2ccncn2)c(=O)n1CCc1ccccc1. The van der Waals surface area contributed by atoms with Gasteiger partial charge in [-0.2, -0.15) is 5.10 Å². The van der Waals surface area contributed by atoms with Gasteiger partial charge >= 0.3 is 5.69 Å². The first-order valence-electron chi connectivity index (χ1n) is 9.17. The maximum atomic E-state index is 12.7. The third kappa shape index (κ3) is 4.33. The van der Waals surface area contributed by atoms with Crippen LogP contribution in [0, 0.1) is 6.92 Å². The van der Waals surface area contributed by atoms with E-state index < -0.39 is 0 Å². The number of rotatable bonds is 7. The molecular formula is C20H24N6O2. The zero-order valence-corrected chi connectivity index (χ0v) is 16.3. The number of aryl methyl sites for hydroxylation is 2. The van der Waals surface area contributed by atoms with E-state index >= 15 is 0 Å². The summed E-state index contributed by atoms with van der Waals surface area (Å²) in [5.41, 5.74) is 1.61. The Bertz CT molecular complexity index is 981. The molecule has 0 radical (unpaired) electrons. The first-order valence-corrected chi connectivity index (χ1v) is 9.17. The van der Waals surface area contributed by atoms with Crippen LogP contribution in [0.3, 0.4) is 0 Å². The summed E-state index contributed by atoms with van der Waals surface area (Å²) in [5.74, 6) is 0.390. The molecule has 1 atom stereocenters. The highest BCUT2D eigenvalue weighted by Gasteiger charge is 2.21. The normalized spacial score (nSPS) is 12.0. The van der Waals surface area contributed by atoms with Gasteiger partial charge in [-0.15, -0.1) is 0 Å². The van der Waals surface area contributed by atoms with Crippen LogP contribution in [0.5, 0.6) is 0 Å². The molecule has 146 valence electrons. The van der Waals surface area contributed by atoms with Gasteiger partial charge in [-0.25, -0.2) is 19.4 Å². The highest BCUT2D eigenvalue weighted by molar-refractivity contribution is 5.76. The fourth-order valence-corrected chi connectivity index (χ4v) is 3.00. The molecule has 1 aromatic carbocycles. The summed E-state index contributed by atoms with van der Waals surface area (Å²) in [4.78, 5) is 35.0. The fourth-order valence-electron chi connectivity index (χ4n) is 3.00. The van der Waals surface area contributed by atoms with Crippen LogP contribution in [-0.4, -0.2) is 42.2 Å². The van der Waals surface area contributed by atoms with Gasteiger partial charge in [-0.3, -0.25) is 9.36 Å². The van der Waals surface area contributed by atoms with Crippen molar-refractivity contribution in [2.24, 2.45) is 0 Å². The first-order chi connectivity index (χ1) is 13.5. The van der Waals surface area contributed by atoms with E-state index in [1.807, 2.05) is 37.3 Å². The molecule has 0 saturated heterocycles. The van der Waals surface area contributed by atoms with Crippen LogP contribution in [0.15, 0.2) is 53.7 Å². The van der Waals surface area contributed by atoms with Gasteiger partial charge in [0.15, 0.2) is 0 Å². The maximum absolute atomic E-state index is 12.7. The third-order valence-electron chi connectivity index (χ3n) is 4.87. The predicted molar refractivity (Wildman–Crippen MR) is 105 cm³/mol. The molecule has 0 N–H and O–H groups in total. The van der Waals surface area contributed by atoms with Gasteiger partial charge in [0.2, 0.25) is 5.91 Å². The van der Waals surface area contributed by atoms with Crippen molar-refractivity contribution in [1.82, 2.24) is 29.2 Å². The summed E-state index contributed by atoms with van der Waals surface area (Å²) >= 11 is 0. The topological polar surface area (TPSA) is 85.9 Å². The van der Waals surface area contributed by atoms with Crippen LogP contribution in [0.2, 0.25) is 0 Å². The molecule has 0 aliphatic heterocycles. The van der Waals surface area contributed by atoms with Crippen molar-refractivity contribution in [2.75, 3.05) is 7.05 Å². The zero-order chi connectivity index (χ0) is 20.1. The summed E-state index contributed by atoms with van der Waals surface area (Å²) < 4.78 is 2.83. The van der Waals surface area contributed by atoms with E-state index in [9.17, 15) is 9.59 Å². The Morgan fingerprint density at radius 2 is 1.96 bits per heavy atom. The highest BCUT2D eigenvalue weighted by atomic mass is 16.2. The van der Waals surface area contributed by atoms with E-state index in [4.69, 9.17) is 0 Å². The molecule has 1 amide bonds. The van der Waals surface area contributed by atoms with E-state index in [-0.39, 0.29) is 24.2 Å². The van der Waals surface area contributed by atoms with Gasteiger partial charge in [-0.1, -0.05) is 30.3 Å². The molecule has 0 bridgehead atoms. The summed E-state index contributed by atoms with van der Waals surface area (Å²) in [7, 11) is 1.69. The van der Waals surface area contributed by atoms with Crippen molar-refractivity contribution in [3.05, 3.63) is 76.5 Å².